The van der Waals surface area contributed by atoms with Gasteiger partial charge < -0.3 is 10.4 Å². The third kappa shape index (κ3) is 12.6. The molecule has 102 valence electrons. The van der Waals surface area contributed by atoms with E-state index in [0.717, 1.165) is 44.9 Å². The molecule has 1 amide bonds. The lowest BCUT2D eigenvalue weighted by Gasteiger charge is -2.04. The van der Waals surface area contributed by atoms with E-state index in [-0.39, 0.29) is 12.3 Å². The van der Waals surface area contributed by atoms with E-state index in [1.807, 2.05) is 0 Å². The fourth-order valence-corrected chi connectivity index (χ4v) is 1.58. The van der Waals surface area contributed by atoms with Gasteiger partial charge in [0, 0.05) is 25.8 Å². The first kappa shape index (κ1) is 16.5. The number of carbonyl (C=O) groups excluding carboxylic acids is 1. The van der Waals surface area contributed by atoms with Crippen LogP contribution in [0.1, 0.15) is 57.8 Å². The predicted molar refractivity (Wildman–Crippen MR) is 71.0 cm³/mol. The molecule has 0 fully saturated rings. The molecule has 2 N–H and O–H groups in total. The Bertz CT molecular complexity index is 281. The van der Waals surface area contributed by atoms with Crippen LogP contribution in [0.3, 0.4) is 0 Å². The molecular weight excluding hydrogens is 230 g/mol. The van der Waals surface area contributed by atoms with Gasteiger partial charge in [-0.1, -0.05) is 12.8 Å². The fourth-order valence-electron chi connectivity index (χ4n) is 1.58. The van der Waals surface area contributed by atoms with Gasteiger partial charge in [0.15, 0.2) is 0 Å². The van der Waals surface area contributed by atoms with Gasteiger partial charge in [0.2, 0.25) is 5.91 Å². The van der Waals surface area contributed by atoms with E-state index in [1.54, 1.807) is 0 Å². The summed E-state index contributed by atoms with van der Waals surface area (Å²) in [6.07, 6.45) is 11.9. The lowest BCUT2D eigenvalue weighted by atomic mass is 10.1. The largest absolute Gasteiger partial charge is 0.481 e. The van der Waals surface area contributed by atoms with Crippen LogP contribution in [0.5, 0.6) is 0 Å². The summed E-state index contributed by atoms with van der Waals surface area (Å²) in [5, 5.41) is 11.3. The van der Waals surface area contributed by atoms with Gasteiger partial charge in [-0.3, -0.25) is 9.59 Å². The van der Waals surface area contributed by atoms with E-state index in [1.165, 1.54) is 0 Å². The fraction of sp³-hybridized carbons (Fsp3) is 0.714. The Labute approximate surface area is 109 Å². The molecule has 0 aromatic carbocycles. The number of terminal acetylenes is 1. The predicted octanol–water partition coefficient (Wildman–Crippen LogP) is 2.33. The van der Waals surface area contributed by atoms with Crippen molar-refractivity contribution < 1.29 is 14.7 Å². The Balaban J connectivity index is 3.20. The van der Waals surface area contributed by atoms with Crippen LogP contribution in [0.25, 0.3) is 0 Å². The van der Waals surface area contributed by atoms with Crippen molar-refractivity contribution in [3.63, 3.8) is 0 Å². The highest BCUT2D eigenvalue weighted by atomic mass is 16.4. The molecule has 0 bridgehead atoms. The van der Waals surface area contributed by atoms with Gasteiger partial charge >= 0.3 is 5.97 Å². The number of nitrogens with one attached hydrogen (secondary N) is 1. The maximum Gasteiger partial charge on any atom is 0.303 e. The quantitative estimate of drug-likeness (QED) is 0.438. The molecule has 0 saturated carbocycles. The van der Waals surface area contributed by atoms with Gasteiger partial charge in [-0.05, 0) is 25.7 Å². The molecule has 0 aromatic rings. The minimum Gasteiger partial charge on any atom is -0.481 e. The summed E-state index contributed by atoms with van der Waals surface area (Å²) < 4.78 is 0. The molecule has 0 rings (SSSR count). The van der Waals surface area contributed by atoms with Crippen LogP contribution in [0.2, 0.25) is 0 Å². The topological polar surface area (TPSA) is 66.4 Å². The van der Waals surface area contributed by atoms with Crippen molar-refractivity contribution in [1.82, 2.24) is 5.32 Å². The maximum absolute atomic E-state index is 11.3. The van der Waals surface area contributed by atoms with E-state index in [9.17, 15) is 9.59 Å². The number of hydrogen-bond acceptors (Lipinski definition) is 2. The SMILES string of the molecule is C#CCCCCC(=O)NCCCCCCC(=O)O. The van der Waals surface area contributed by atoms with E-state index in [4.69, 9.17) is 11.5 Å². The summed E-state index contributed by atoms with van der Waals surface area (Å²) in [5.41, 5.74) is 0. The Morgan fingerprint density at radius 2 is 1.67 bits per heavy atom. The number of amides is 1. The molecule has 0 aromatic heterocycles. The maximum atomic E-state index is 11.3. The molecule has 4 nitrogen and oxygen atoms in total. The number of unbranched alkanes of at least 4 members (excludes halogenated alkanes) is 5. The molecule has 0 aliphatic rings. The molecule has 4 heteroatoms. The summed E-state index contributed by atoms with van der Waals surface area (Å²) in [6, 6.07) is 0. The summed E-state index contributed by atoms with van der Waals surface area (Å²) in [6.45, 7) is 0.682. The van der Waals surface area contributed by atoms with Crippen molar-refractivity contribution in [2.45, 2.75) is 57.8 Å². The minimum absolute atomic E-state index is 0.0811. The van der Waals surface area contributed by atoms with Crippen LogP contribution in [0.15, 0.2) is 0 Å². The molecule has 0 aliphatic heterocycles. The normalized spacial score (nSPS) is 9.72. The van der Waals surface area contributed by atoms with Gasteiger partial charge in [0.1, 0.15) is 0 Å². The van der Waals surface area contributed by atoms with E-state index in [2.05, 4.69) is 11.2 Å². The molecule has 0 radical (unpaired) electrons. The number of hydrogen-bond donors (Lipinski definition) is 2. The van der Waals surface area contributed by atoms with E-state index >= 15 is 0 Å². The average molecular weight is 253 g/mol. The molecule has 0 aliphatic carbocycles. The van der Waals surface area contributed by atoms with Gasteiger partial charge in [-0.2, -0.15) is 0 Å². The van der Waals surface area contributed by atoms with Crippen LogP contribution in [-0.2, 0) is 9.59 Å². The molecule has 18 heavy (non-hydrogen) atoms. The zero-order valence-electron chi connectivity index (χ0n) is 10.9. The van der Waals surface area contributed by atoms with Gasteiger partial charge in [0.25, 0.3) is 0 Å². The van der Waals surface area contributed by atoms with Gasteiger partial charge in [-0.25, -0.2) is 0 Å². The Morgan fingerprint density at radius 1 is 1.00 bits per heavy atom. The number of aliphatic carboxylic acids is 1. The molecule has 0 atom stereocenters. The highest BCUT2D eigenvalue weighted by molar-refractivity contribution is 5.75. The van der Waals surface area contributed by atoms with Crippen LogP contribution in [-0.4, -0.2) is 23.5 Å². The van der Waals surface area contributed by atoms with Gasteiger partial charge in [0.05, 0.1) is 0 Å². The van der Waals surface area contributed by atoms with Crippen molar-refractivity contribution in [2.24, 2.45) is 0 Å². The van der Waals surface area contributed by atoms with E-state index in [0.29, 0.717) is 13.0 Å². The number of carbonyl (C=O) groups is 2. The molecule has 0 spiro atoms. The second-order valence-corrected chi connectivity index (χ2v) is 4.32. The van der Waals surface area contributed by atoms with Crippen LogP contribution in [0, 0.1) is 12.3 Å². The minimum atomic E-state index is -0.740. The standard InChI is InChI=1S/C14H23NO3/c1-2-3-4-7-10-13(16)15-12-9-6-5-8-11-14(17)18/h1H,3-12H2,(H,15,16)(H,17,18). The Morgan fingerprint density at radius 3 is 2.33 bits per heavy atom. The van der Waals surface area contributed by atoms with Crippen LogP contribution < -0.4 is 5.32 Å². The monoisotopic (exact) mass is 253 g/mol. The highest BCUT2D eigenvalue weighted by Gasteiger charge is 2.00. The average Bonchev–Trinajstić information content (AvgIpc) is 2.33. The first-order chi connectivity index (χ1) is 8.66. The smallest absolute Gasteiger partial charge is 0.303 e. The lowest BCUT2D eigenvalue weighted by molar-refractivity contribution is -0.137. The summed E-state index contributed by atoms with van der Waals surface area (Å²) in [7, 11) is 0. The third-order valence-electron chi connectivity index (χ3n) is 2.61. The van der Waals surface area contributed by atoms with Crippen LogP contribution in [0.4, 0.5) is 0 Å². The van der Waals surface area contributed by atoms with Crippen LogP contribution >= 0.6 is 0 Å². The first-order valence-electron chi connectivity index (χ1n) is 6.58. The molecule has 0 unspecified atom stereocenters. The van der Waals surface area contributed by atoms with Crippen molar-refractivity contribution in [2.75, 3.05) is 6.54 Å². The third-order valence-corrected chi connectivity index (χ3v) is 2.61. The number of carboxylic acid groups (broad SMARTS) is 1. The van der Waals surface area contributed by atoms with E-state index < -0.39 is 5.97 Å². The molecule has 0 saturated heterocycles. The summed E-state index contributed by atoms with van der Waals surface area (Å²) >= 11 is 0. The van der Waals surface area contributed by atoms with Crippen molar-refractivity contribution in [3.8, 4) is 12.3 Å². The lowest BCUT2D eigenvalue weighted by Crippen LogP contribution is -2.23. The summed E-state index contributed by atoms with van der Waals surface area (Å²) in [4.78, 5) is 21.6. The second-order valence-electron chi connectivity index (χ2n) is 4.32. The second kappa shape index (κ2) is 12.0. The molecular formula is C14H23NO3. The highest BCUT2D eigenvalue weighted by Crippen LogP contribution is 2.02. The summed E-state index contributed by atoms with van der Waals surface area (Å²) in [5.74, 6) is 1.89. The zero-order valence-corrected chi connectivity index (χ0v) is 10.9. The Hall–Kier alpha value is -1.50. The Kier molecular flexibility index (Phi) is 11.0. The first-order valence-corrected chi connectivity index (χ1v) is 6.58. The number of rotatable bonds is 11. The van der Waals surface area contributed by atoms with Crippen molar-refractivity contribution >= 4 is 11.9 Å². The van der Waals surface area contributed by atoms with Crippen molar-refractivity contribution in [3.05, 3.63) is 0 Å². The molecule has 0 heterocycles. The number of carboxylic acids is 1. The van der Waals surface area contributed by atoms with Gasteiger partial charge in [-0.15, -0.1) is 12.3 Å². The van der Waals surface area contributed by atoms with Crippen molar-refractivity contribution in [1.29, 1.82) is 0 Å². The zero-order chi connectivity index (χ0) is 13.6.